The Morgan fingerprint density at radius 1 is 1.38 bits per heavy atom. The molecule has 2 nitrogen and oxygen atoms in total. The molecule has 16 heavy (non-hydrogen) atoms. The highest BCUT2D eigenvalue weighted by Gasteiger charge is 2.37. The van der Waals surface area contributed by atoms with Gasteiger partial charge in [-0.05, 0) is 43.4 Å². The third kappa shape index (κ3) is 1.83. The molecule has 0 atom stereocenters. The van der Waals surface area contributed by atoms with Crippen LogP contribution in [0.25, 0.3) is 10.9 Å². The Bertz CT molecular complexity index is 526. The van der Waals surface area contributed by atoms with E-state index in [1.54, 1.807) is 0 Å². The lowest BCUT2D eigenvalue weighted by molar-refractivity contribution is 0.610. The fourth-order valence-corrected chi connectivity index (χ4v) is 2.33. The van der Waals surface area contributed by atoms with Gasteiger partial charge in [0.25, 0.3) is 0 Å². The Labute approximate surface area is 99.8 Å². The number of hydrogen-bond acceptors (Lipinski definition) is 1. The molecule has 0 radical (unpaired) electrons. The van der Waals surface area contributed by atoms with E-state index in [0.717, 1.165) is 23.4 Å². The maximum Gasteiger partial charge on any atom is 0.0471 e. The SMILES string of the molecule is NC1(CCc2c[nH]c3cc(Cl)ccc23)CC1. The van der Waals surface area contributed by atoms with Gasteiger partial charge in [-0.3, -0.25) is 0 Å². The monoisotopic (exact) mass is 234 g/mol. The normalized spacial score (nSPS) is 17.9. The lowest BCUT2D eigenvalue weighted by atomic mass is 10.0. The van der Waals surface area contributed by atoms with E-state index in [1.165, 1.54) is 23.8 Å². The lowest BCUT2D eigenvalue weighted by Gasteiger charge is -2.06. The summed E-state index contributed by atoms with van der Waals surface area (Å²) in [6.45, 7) is 0. The first-order chi connectivity index (χ1) is 7.66. The van der Waals surface area contributed by atoms with Gasteiger partial charge in [0.1, 0.15) is 0 Å². The molecule has 0 unspecified atom stereocenters. The fraction of sp³-hybridized carbons (Fsp3) is 0.385. The van der Waals surface area contributed by atoms with Crippen LogP contribution >= 0.6 is 11.6 Å². The van der Waals surface area contributed by atoms with Gasteiger partial charge >= 0.3 is 0 Å². The summed E-state index contributed by atoms with van der Waals surface area (Å²) >= 11 is 5.95. The Morgan fingerprint density at radius 2 is 2.19 bits per heavy atom. The first-order valence-electron chi connectivity index (χ1n) is 5.71. The first kappa shape index (κ1) is 10.2. The van der Waals surface area contributed by atoms with E-state index in [-0.39, 0.29) is 5.54 Å². The van der Waals surface area contributed by atoms with Crippen LogP contribution in [-0.2, 0) is 6.42 Å². The second kappa shape index (κ2) is 3.51. The van der Waals surface area contributed by atoms with Crippen LogP contribution in [0, 0.1) is 0 Å². The van der Waals surface area contributed by atoms with Crippen molar-refractivity contribution >= 4 is 22.5 Å². The van der Waals surface area contributed by atoms with Crippen LogP contribution in [-0.4, -0.2) is 10.5 Å². The zero-order chi connectivity index (χ0) is 11.2. The van der Waals surface area contributed by atoms with Gasteiger partial charge in [0.15, 0.2) is 0 Å². The number of nitrogens with one attached hydrogen (secondary N) is 1. The van der Waals surface area contributed by atoms with Gasteiger partial charge in [0.05, 0.1) is 0 Å². The van der Waals surface area contributed by atoms with Gasteiger partial charge < -0.3 is 10.7 Å². The van der Waals surface area contributed by atoms with Crippen molar-refractivity contribution in [1.82, 2.24) is 4.98 Å². The molecule has 1 saturated carbocycles. The average molecular weight is 235 g/mol. The molecule has 1 heterocycles. The summed E-state index contributed by atoms with van der Waals surface area (Å²) in [5, 5.41) is 2.05. The van der Waals surface area contributed by atoms with Gasteiger partial charge in [-0.15, -0.1) is 0 Å². The zero-order valence-corrected chi connectivity index (χ0v) is 9.85. The highest BCUT2D eigenvalue weighted by molar-refractivity contribution is 6.31. The van der Waals surface area contributed by atoms with Crippen LogP contribution in [0.5, 0.6) is 0 Å². The van der Waals surface area contributed by atoms with Crippen molar-refractivity contribution < 1.29 is 0 Å². The number of aryl methyl sites for hydroxylation is 1. The van der Waals surface area contributed by atoms with E-state index in [2.05, 4.69) is 17.2 Å². The predicted molar refractivity (Wildman–Crippen MR) is 67.8 cm³/mol. The summed E-state index contributed by atoms with van der Waals surface area (Å²) in [6, 6.07) is 5.99. The highest BCUT2D eigenvalue weighted by atomic mass is 35.5. The van der Waals surface area contributed by atoms with E-state index >= 15 is 0 Å². The minimum Gasteiger partial charge on any atom is -0.361 e. The number of rotatable bonds is 3. The highest BCUT2D eigenvalue weighted by Crippen LogP contribution is 2.37. The molecule has 1 aliphatic carbocycles. The molecule has 3 N–H and O–H groups in total. The number of halogens is 1. The van der Waals surface area contributed by atoms with Crippen molar-refractivity contribution in [2.75, 3.05) is 0 Å². The maximum absolute atomic E-state index is 6.10. The van der Waals surface area contributed by atoms with Crippen molar-refractivity contribution in [3.8, 4) is 0 Å². The summed E-state index contributed by atoms with van der Waals surface area (Å²) in [6.07, 6.45) is 6.58. The maximum atomic E-state index is 6.10. The first-order valence-corrected chi connectivity index (χ1v) is 6.09. The Hall–Kier alpha value is -0.990. The molecule has 3 heteroatoms. The van der Waals surface area contributed by atoms with Crippen molar-refractivity contribution in [3.05, 3.63) is 35.0 Å². The van der Waals surface area contributed by atoms with Crippen molar-refractivity contribution in [2.24, 2.45) is 5.73 Å². The van der Waals surface area contributed by atoms with Crippen LogP contribution in [0.2, 0.25) is 5.02 Å². The molecular weight excluding hydrogens is 220 g/mol. The Kier molecular flexibility index (Phi) is 2.23. The molecule has 0 amide bonds. The van der Waals surface area contributed by atoms with E-state index in [1.807, 2.05) is 12.1 Å². The molecule has 0 aliphatic heterocycles. The van der Waals surface area contributed by atoms with Gasteiger partial charge in [-0.1, -0.05) is 17.7 Å². The van der Waals surface area contributed by atoms with Crippen molar-refractivity contribution in [3.63, 3.8) is 0 Å². The van der Waals surface area contributed by atoms with E-state index in [9.17, 15) is 0 Å². The number of aromatic amines is 1. The van der Waals surface area contributed by atoms with E-state index < -0.39 is 0 Å². The van der Waals surface area contributed by atoms with Gasteiger partial charge in [-0.25, -0.2) is 0 Å². The smallest absolute Gasteiger partial charge is 0.0471 e. The zero-order valence-electron chi connectivity index (χ0n) is 9.09. The second-order valence-corrected chi connectivity index (χ2v) is 5.30. The Balaban J connectivity index is 1.86. The summed E-state index contributed by atoms with van der Waals surface area (Å²) < 4.78 is 0. The van der Waals surface area contributed by atoms with Crippen LogP contribution < -0.4 is 5.73 Å². The molecular formula is C13H15ClN2. The summed E-state index contributed by atoms with van der Waals surface area (Å²) in [5.41, 5.74) is 8.70. The van der Waals surface area contributed by atoms with Crippen molar-refractivity contribution in [2.45, 2.75) is 31.2 Å². The third-order valence-corrected chi connectivity index (χ3v) is 3.75. The second-order valence-electron chi connectivity index (χ2n) is 4.87. The van der Waals surface area contributed by atoms with Gasteiger partial charge in [-0.2, -0.15) is 0 Å². The van der Waals surface area contributed by atoms with Crippen LogP contribution in [0.4, 0.5) is 0 Å². The molecule has 1 aromatic heterocycles. The number of hydrogen-bond donors (Lipinski definition) is 2. The van der Waals surface area contributed by atoms with Gasteiger partial charge in [0.2, 0.25) is 0 Å². The van der Waals surface area contributed by atoms with E-state index in [0.29, 0.717) is 0 Å². The lowest BCUT2D eigenvalue weighted by Crippen LogP contribution is -2.21. The third-order valence-electron chi connectivity index (χ3n) is 3.51. The molecule has 3 rings (SSSR count). The minimum absolute atomic E-state index is 0.135. The van der Waals surface area contributed by atoms with Crippen LogP contribution in [0.15, 0.2) is 24.4 Å². The van der Waals surface area contributed by atoms with E-state index in [4.69, 9.17) is 17.3 Å². The minimum atomic E-state index is 0.135. The average Bonchev–Trinajstić information content (AvgIpc) is 2.87. The molecule has 2 aromatic rings. The predicted octanol–water partition coefficient (Wildman–Crippen LogP) is 3.25. The molecule has 1 aliphatic rings. The number of fused-ring (bicyclic) bond motifs is 1. The van der Waals surface area contributed by atoms with Crippen LogP contribution in [0.3, 0.4) is 0 Å². The molecule has 0 spiro atoms. The molecule has 1 fully saturated rings. The quantitative estimate of drug-likeness (QED) is 0.841. The van der Waals surface area contributed by atoms with Crippen LogP contribution in [0.1, 0.15) is 24.8 Å². The number of aromatic nitrogens is 1. The Morgan fingerprint density at radius 3 is 2.94 bits per heavy atom. The van der Waals surface area contributed by atoms with Crippen molar-refractivity contribution in [1.29, 1.82) is 0 Å². The summed E-state index contributed by atoms with van der Waals surface area (Å²) in [4.78, 5) is 3.26. The number of H-pyrrole nitrogens is 1. The molecule has 0 saturated heterocycles. The molecule has 0 bridgehead atoms. The van der Waals surface area contributed by atoms with Gasteiger partial charge in [0, 0.05) is 27.7 Å². The topological polar surface area (TPSA) is 41.8 Å². The molecule has 84 valence electrons. The summed E-state index contributed by atoms with van der Waals surface area (Å²) in [7, 11) is 0. The standard InChI is InChI=1S/C13H15ClN2/c14-10-1-2-11-9(8-16-12(11)7-10)3-4-13(15)5-6-13/h1-2,7-8,16H,3-6,15H2. The number of nitrogens with two attached hydrogens (primary N) is 1. The largest absolute Gasteiger partial charge is 0.361 e. The summed E-state index contributed by atoms with van der Waals surface area (Å²) in [5.74, 6) is 0. The number of benzene rings is 1. The fourth-order valence-electron chi connectivity index (χ4n) is 2.16. The molecule has 1 aromatic carbocycles.